The van der Waals surface area contributed by atoms with Crippen LogP contribution < -0.4 is 4.74 Å². The van der Waals surface area contributed by atoms with E-state index in [1.807, 2.05) is 12.3 Å². The smallest absolute Gasteiger partial charge is 0.292 e. The predicted octanol–water partition coefficient (Wildman–Crippen LogP) is 3.65. The fourth-order valence-electron chi connectivity index (χ4n) is 3.96. The third-order valence-electron chi connectivity index (χ3n) is 5.32. The largest absolute Gasteiger partial charge is 0.490 e. The Balaban J connectivity index is 1.42. The van der Waals surface area contributed by atoms with Crippen LogP contribution in [0.3, 0.4) is 0 Å². The van der Waals surface area contributed by atoms with Crippen LogP contribution in [0.1, 0.15) is 44.2 Å². The molecular weight excluding hydrogens is 300 g/mol. The number of rotatable bonds is 3. The van der Waals surface area contributed by atoms with Gasteiger partial charge in [0.1, 0.15) is 12.4 Å². The van der Waals surface area contributed by atoms with E-state index in [1.165, 1.54) is 30.4 Å². The number of hydrogen-bond donors (Lipinski definition) is 0. The molecule has 1 aromatic rings. The first-order chi connectivity index (χ1) is 11.6. The number of fused-ring (bicyclic) bond motifs is 2. The molecule has 1 atom stereocenters. The quantitative estimate of drug-likeness (QED) is 0.795. The molecule has 0 unspecified atom stereocenters. The molecule has 0 radical (unpaired) electrons. The van der Waals surface area contributed by atoms with Crippen molar-refractivity contribution < 1.29 is 9.47 Å². The van der Waals surface area contributed by atoms with Gasteiger partial charge in [-0.1, -0.05) is 26.3 Å². The van der Waals surface area contributed by atoms with E-state index < -0.39 is 0 Å². The SMILES string of the molecule is CC1(C)CCCCc2cc(OC[C@@H]3CN4CC=CN=C4O3)ccc21. The second-order valence-corrected chi connectivity index (χ2v) is 7.66. The fourth-order valence-corrected chi connectivity index (χ4v) is 3.96. The summed E-state index contributed by atoms with van der Waals surface area (Å²) in [7, 11) is 0. The van der Waals surface area contributed by atoms with Crippen molar-refractivity contribution in [2.45, 2.75) is 51.0 Å². The maximum atomic E-state index is 6.04. The van der Waals surface area contributed by atoms with Crippen LogP contribution in [0.2, 0.25) is 0 Å². The van der Waals surface area contributed by atoms with Gasteiger partial charge in [-0.2, -0.15) is 0 Å². The zero-order chi connectivity index (χ0) is 16.6. The molecule has 0 bridgehead atoms. The number of amidine groups is 1. The first-order valence-electron chi connectivity index (χ1n) is 9.02. The molecule has 1 aliphatic carbocycles. The third kappa shape index (κ3) is 3.02. The summed E-state index contributed by atoms with van der Waals surface area (Å²) in [4.78, 5) is 6.41. The van der Waals surface area contributed by atoms with Crippen molar-refractivity contribution in [3.8, 4) is 5.75 Å². The van der Waals surface area contributed by atoms with E-state index in [0.29, 0.717) is 6.61 Å². The Morgan fingerprint density at radius 3 is 3.12 bits per heavy atom. The normalized spacial score (nSPS) is 24.5. The zero-order valence-corrected chi connectivity index (χ0v) is 14.6. The molecule has 0 aromatic heterocycles. The Kier molecular flexibility index (Phi) is 3.99. The summed E-state index contributed by atoms with van der Waals surface area (Å²) in [5.74, 6) is 0.958. The summed E-state index contributed by atoms with van der Waals surface area (Å²) in [5, 5.41) is 0. The highest BCUT2D eigenvalue weighted by molar-refractivity contribution is 5.77. The summed E-state index contributed by atoms with van der Waals surface area (Å²) in [6, 6.07) is 7.36. The van der Waals surface area contributed by atoms with Gasteiger partial charge in [-0.15, -0.1) is 0 Å². The van der Waals surface area contributed by atoms with E-state index in [-0.39, 0.29) is 11.5 Å². The van der Waals surface area contributed by atoms with Gasteiger partial charge in [0.25, 0.3) is 6.02 Å². The molecule has 2 aliphatic heterocycles. The molecular formula is C20H26N2O2. The zero-order valence-electron chi connectivity index (χ0n) is 14.6. The average Bonchev–Trinajstić information content (AvgIpc) is 2.93. The van der Waals surface area contributed by atoms with Crippen molar-refractivity contribution in [1.29, 1.82) is 0 Å². The number of ether oxygens (including phenoxy) is 2. The molecule has 4 rings (SSSR count). The average molecular weight is 326 g/mol. The lowest BCUT2D eigenvalue weighted by Crippen LogP contribution is -2.28. The Morgan fingerprint density at radius 1 is 1.33 bits per heavy atom. The van der Waals surface area contributed by atoms with Gasteiger partial charge in [0.05, 0.1) is 6.54 Å². The molecule has 0 saturated carbocycles. The lowest BCUT2D eigenvalue weighted by atomic mass is 9.80. The van der Waals surface area contributed by atoms with Gasteiger partial charge in [0, 0.05) is 12.7 Å². The van der Waals surface area contributed by atoms with E-state index in [0.717, 1.165) is 31.3 Å². The standard InChI is InChI=1S/C20H26N2O2/c1-20(2)9-4-3-6-15-12-16(7-8-18(15)20)23-14-17-13-22-11-5-10-21-19(22)24-17/h5,7-8,10,12,17H,3-4,6,9,11,13-14H2,1-2H3/t17-/m0/s1. The lowest BCUT2D eigenvalue weighted by Gasteiger charge is -2.25. The highest BCUT2D eigenvalue weighted by Gasteiger charge is 2.30. The molecule has 1 fully saturated rings. The molecule has 1 saturated heterocycles. The van der Waals surface area contributed by atoms with Crippen molar-refractivity contribution in [2.75, 3.05) is 19.7 Å². The second-order valence-electron chi connectivity index (χ2n) is 7.66. The minimum atomic E-state index is 0.0545. The molecule has 0 spiro atoms. The Labute approximate surface area is 144 Å². The topological polar surface area (TPSA) is 34.1 Å². The monoisotopic (exact) mass is 326 g/mol. The van der Waals surface area contributed by atoms with Crippen molar-refractivity contribution in [2.24, 2.45) is 4.99 Å². The van der Waals surface area contributed by atoms with Gasteiger partial charge in [-0.3, -0.25) is 0 Å². The fraction of sp³-hybridized carbons (Fsp3) is 0.550. The van der Waals surface area contributed by atoms with E-state index in [9.17, 15) is 0 Å². The highest BCUT2D eigenvalue weighted by atomic mass is 16.6. The van der Waals surface area contributed by atoms with Gasteiger partial charge in [-0.25, -0.2) is 4.99 Å². The Morgan fingerprint density at radius 2 is 2.25 bits per heavy atom. The lowest BCUT2D eigenvalue weighted by molar-refractivity contribution is 0.146. The van der Waals surface area contributed by atoms with E-state index >= 15 is 0 Å². The summed E-state index contributed by atoms with van der Waals surface area (Å²) in [5.41, 5.74) is 3.21. The molecule has 2 heterocycles. The van der Waals surface area contributed by atoms with Crippen LogP contribution in [-0.2, 0) is 16.6 Å². The molecule has 0 N–H and O–H groups in total. The van der Waals surface area contributed by atoms with Crippen LogP contribution in [0.15, 0.2) is 35.5 Å². The number of benzene rings is 1. The van der Waals surface area contributed by atoms with Crippen LogP contribution in [0, 0.1) is 0 Å². The van der Waals surface area contributed by atoms with E-state index in [1.54, 1.807) is 0 Å². The van der Waals surface area contributed by atoms with Crippen LogP contribution in [0.25, 0.3) is 0 Å². The minimum absolute atomic E-state index is 0.0545. The number of aliphatic imine (C=N–C) groups is 1. The maximum absolute atomic E-state index is 6.04. The van der Waals surface area contributed by atoms with Gasteiger partial charge < -0.3 is 14.4 Å². The van der Waals surface area contributed by atoms with Crippen molar-refractivity contribution in [3.05, 3.63) is 41.6 Å². The number of aryl methyl sites for hydroxylation is 1. The summed E-state index contributed by atoms with van der Waals surface area (Å²) in [6.45, 7) is 7.01. The summed E-state index contributed by atoms with van der Waals surface area (Å²) < 4.78 is 11.9. The molecule has 24 heavy (non-hydrogen) atoms. The molecule has 3 aliphatic rings. The van der Waals surface area contributed by atoms with E-state index in [4.69, 9.17) is 9.47 Å². The van der Waals surface area contributed by atoms with Crippen molar-refractivity contribution in [3.63, 3.8) is 0 Å². The number of hydrogen-bond acceptors (Lipinski definition) is 4. The van der Waals surface area contributed by atoms with Crippen LogP contribution in [-0.4, -0.2) is 36.7 Å². The first kappa shape index (κ1) is 15.6. The maximum Gasteiger partial charge on any atom is 0.292 e. The summed E-state index contributed by atoms with van der Waals surface area (Å²) in [6.07, 6.45) is 8.91. The molecule has 128 valence electrons. The third-order valence-corrected chi connectivity index (χ3v) is 5.32. The first-order valence-corrected chi connectivity index (χ1v) is 9.02. The molecule has 4 nitrogen and oxygen atoms in total. The van der Waals surface area contributed by atoms with Crippen LogP contribution in [0.4, 0.5) is 0 Å². The Bertz CT molecular complexity index is 678. The molecule has 1 aromatic carbocycles. The second kappa shape index (κ2) is 6.15. The number of nitrogens with zero attached hydrogens (tertiary/aromatic N) is 2. The van der Waals surface area contributed by atoms with E-state index in [2.05, 4.69) is 41.9 Å². The minimum Gasteiger partial charge on any atom is -0.490 e. The van der Waals surface area contributed by atoms with Crippen LogP contribution >= 0.6 is 0 Å². The molecule has 0 amide bonds. The van der Waals surface area contributed by atoms with Crippen LogP contribution in [0.5, 0.6) is 5.75 Å². The predicted molar refractivity (Wildman–Crippen MR) is 95.5 cm³/mol. The van der Waals surface area contributed by atoms with Gasteiger partial charge in [0.2, 0.25) is 0 Å². The van der Waals surface area contributed by atoms with Gasteiger partial charge in [-0.05, 0) is 54.0 Å². The highest BCUT2D eigenvalue weighted by Crippen LogP contribution is 2.37. The van der Waals surface area contributed by atoms with Crippen molar-refractivity contribution >= 4 is 6.02 Å². The Hall–Kier alpha value is -1.97. The van der Waals surface area contributed by atoms with Gasteiger partial charge in [0.15, 0.2) is 6.10 Å². The summed E-state index contributed by atoms with van der Waals surface area (Å²) >= 11 is 0. The van der Waals surface area contributed by atoms with Gasteiger partial charge >= 0.3 is 0 Å². The molecule has 4 heteroatoms. The van der Waals surface area contributed by atoms with Crippen molar-refractivity contribution in [1.82, 2.24) is 4.90 Å².